The van der Waals surface area contributed by atoms with E-state index in [2.05, 4.69) is 21.7 Å². The number of morpholine rings is 1. The van der Waals surface area contributed by atoms with E-state index in [4.69, 9.17) is 21.4 Å². The van der Waals surface area contributed by atoms with Crippen LogP contribution in [0.4, 0.5) is 17.1 Å². The van der Waals surface area contributed by atoms with E-state index in [9.17, 15) is 14.9 Å². The van der Waals surface area contributed by atoms with E-state index >= 15 is 0 Å². The Kier molecular flexibility index (Phi) is 7.03. The van der Waals surface area contributed by atoms with Crippen molar-refractivity contribution in [2.45, 2.75) is 13.8 Å². The first-order valence-electron chi connectivity index (χ1n) is 12.0. The van der Waals surface area contributed by atoms with Gasteiger partial charge in [-0.2, -0.15) is 0 Å². The van der Waals surface area contributed by atoms with Gasteiger partial charge in [-0.15, -0.1) is 0 Å². The van der Waals surface area contributed by atoms with Crippen molar-refractivity contribution in [3.8, 4) is 11.5 Å². The number of carbonyl (C=O) groups is 1. The molecule has 1 aromatic heterocycles. The van der Waals surface area contributed by atoms with E-state index in [0.717, 1.165) is 27.8 Å². The zero-order valence-corrected chi connectivity index (χ0v) is 21.6. The third-order valence-corrected chi connectivity index (χ3v) is 6.43. The second-order valence-electron chi connectivity index (χ2n) is 8.99. The first kappa shape index (κ1) is 25.3. The van der Waals surface area contributed by atoms with E-state index in [1.807, 2.05) is 36.9 Å². The van der Waals surface area contributed by atoms with Crippen molar-refractivity contribution in [2.75, 3.05) is 36.5 Å². The number of amides is 1. The molecule has 1 aliphatic rings. The normalized spacial score (nSPS) is 13.4. The molecule has 0 radical (unpaired) electrons. The van der Waals surface area contributed by atoms with Crippen LogP contribution >= 0.6 is 12.2 Å². The van der Waals surface area contributed by atoms with Gasteiger partial charge in [-0.25, -0.2) is 4.98 Å². The molecular weight excluding hydrogens is 506 g/mol. The molecule has 0 bridgehead atoms. The summed E-state index contributed by atoms with van der Waals surface area (Å²) < 4.78 is 11.4. The second kappa shape index (κ2) is 10.6. The number of nitro benzene ring substituents is 1. The van der Waals surface area contributed by atoms with Crippen LogP contribution in [0, 0.1) is 24.0 Å². The number of rotatable bonds is 5. The molecule has 1 saturated heterocycles. The maximum Gasteiger partial charge on any atom is 0.270 e. The van der Waals surface area contributed by atoms with Crippen molar-refractivity contribution >= 4 is 51.4 Å². The van der Waals surface area contributed by atoms with Gasteiger partial charge >= 0.3 is 0 Å². The third-order valence-electron chi connectivity index (χ3n) is 6.22. The molecule has 1 amide bonds. The molecule has 10 nitrogen and oxygen atoms in total. The van der Waals surface area contributed by atoms with Crippen LogP contribution in [0.1, 0.15) is 21.5 Å². The van der Waals surface area contributed by atoms with E-state index in [-0.39, 0.29) is 16.4 Å². The number of nitrogens with one attached hydrogen (secondary N) is 2. The molecule has 38 heavy (non-hydrogen) atoms. The molecule has 3 aromatic carbocycles. The Hall–Kier alpha value is -4.35. The van der Waals surface area contributed by atoms with Gasteiger partial charge < -0.3 is 19.4 Å². The maximum atomic E-state index is 13.1. The summed E-state index contributed by atoms with van der Waals surface area (Å²) in [6.07, 6.45) is 0. The lowest BCUT2D eigenvalue weighted by molar-refractivity contribution is -0.384. The van der Waals surface area contributed by atoms with Crippen LogP contribution in [0.2, 0.25) is 0 Å². The molecule has 2 heterocycles. The molecular formula is C27H25N5O5S. The van der Waals surface area contributed by atoms with Gasteiger partial charge in [-0.1, -0.05) is 6.07 Å². The summed E-state index contributed by atoms with van der Waals surface area (Å²) in [5, 5.41) is 17.0. The number of ether oxygens (including phenoxy) is 1. The van der Waals surface area contributed by atoms with Gasteiger partial charge in [0.1, 0.15) is 5.52 Å². The number of aryl methyl sites for hydroxylation is 2. The van der Waals surface area contributed by atoms with Crippen molar-refractivity contribution in [3.05, 3.63) is 81.4 Å². The van der Waals surface area contributed by atoms with Crippen molar-refractivity contribution in [3.63, 3.8) is 0 Å². The maximum absolute atomic E-state index is 13.1. The van der Waals surface area contributed by atoms with Crippen molar-refractivity contribution in [1.29, 1.82) is 0 Å². The highest BCUT2D eigenvalue weighted by Gasteiger charge is 2.23. The quantitative estimate of drug-likeness (QED) is 0.208. The first-order valence-corrected chi connectivity index (χ1v) is 12.4. The molecule has 0 unspecified atom stereocenters. The number of nitro groups is 1. The van der Waals surface area contributed by atoms with Crippen LogP contribution in [-0.4, -0.2) is 47.2 Å². The zero-order chi connectivity index (χ0) is 26.8. The summed E-state index contributed by atoms with van der Waals surface area (Å²) in [5.74, 6) is -0.0288. The molecule has 11 heteroatoms. The van der Waals surface area contributed by atoms with Crippen LogP contribution in [0.3, 0.4) is 0 Å². The second-order valence-corrected chi connectivity index (χ2v) is 9.40. The molecule has 5 rings (SSSR count). The Bertz CT molecular complexity index is 1540. The van der Waals surface area contributed by atoms with Crippen molar-refractivity contribution < 1.29 is 18.9 Å². The summed E-state index contributed by atoms with van der Waals surface area (Å²) in [6.45, 7) is 6.18. The van der Waals surface area contributed by atoms with Crippen molar-refractivity contribution in [1.82, 2.24) is 10.3 Å². The fourth-order valence-electron chi connectivity index (χ4n) is 4.43. The van der Waals surface area contributed by atoms with Gasteiger partial charge in [0.2, 0.25) is 5.89 Å². The number of oxazole rings is 1. The van der Waals surface area contributed by atoms with Crippen LogP contribution in [0.5, 0.6) is 0 Å². The highest BCUT2D eigenvalue weighted by molar-refractivity contribution is 7.80. The molecule has 0 saturated carbocycles. The van der Waals surface area contributed by atoms with E-state index in [0.29, 0.717) is 43.6 Å². The molecule has 194 valence electrons. The Labute approximate surface area is 223 Å². The number of carbonyl (C=O) groups excluding carboxylic acids is 1. The van der Waals surface area contributed by atoms with Crippen LogP contribution < -0.4 is 15.5 Å². The largest absolute Gasteiger partial charge is 0.436 e. The monoisotopic (exact) mass is 531 g/mol. The summed E-state index contributed by atoms with van der Waals surface area (Å²) in [5.41, 5.74) is 5.74. The topological polar surface area (TPSA) is 123 Å². The highest BCUT2D eigenvalue weighted by atomic mass is 32.1. The Morgan fingerprint density at radius 3 is 2.53 bits per heavy atom. The number of hydrogen-bond acceptors (Lipinski definition) is 8. The number of nitrogens with zero attached hydrogens (tertiary/aromatic N) is 3. The zero-order valence-electron chi connectivity index (χ0n) is 20.8. The first-order chi connectivity index (χ1) is 18.3. The lowest BCUT2D eigenvalue weighted by Gasteiger charge is -2.30. The number of non-ortho nitro benzene ring substituents is 1. The highest BCUT2D eigenvalue weighted by Crippen LogP contribution is 2.29. The van der Waals surface area contributed by atoms with Gasteiger partial charge in [0.15, 0.2) is 10.7 Å². The third kappa shape index (κ3) is 5.34. The van der Waals surface area contributed by atoms with Crippen LogP contribution in [0.25, 0.3) is 22.6 Å². The summed E-state index contributed by atoms with van der Waals surface area (Å²) in [7, 11) is 0. The predicted molar refractivity (Wildman–Crippen MR) is 149 cm³/mol. The molecule has 4 aromatic rings. The molecule has 0 atom stereocenters. The average Bonchev–Trinajstić information content (AvgIpc) is 3.33. The number of anilines is 2. The molecule has 1 aliphatic heterocycles. The Morgan fingerprint density at radius 1 is 1.08 bits per heavy atom. The minimum Gasteiger partial charge on any atom is -0.436 e. The Balaban J connectivity index is 1.30. The average molecular weight is 532 g/mol. The van der Waals surface area contributed by atoms with Crippen molar-refractivity contribution in [2.24, 2.45) is 0 Å². The van der Waals surface area contributed by atoms with Gasteiger partial charge in [0, 0.05) is 36.5 Å². The van der Waals surface area contributed by atoms with Gasteiger partial charge in [0.05, 0.1) is 29.4 Å². The molecule has 2 N–H and O–H groups in total. The number of benzene rings is 3. The molecule has 1 fully saturated rings. The smallest absolute Gasteiger partial charge is 0.270 e. The summed E-state index contributed by atoms with van der Waals surface area (Å²) >= 11 is 5.35. The standard InChI is InChI=1S/C27H25N5O5S/c1-16-13-17(2)24-22(14-16)29-26(37-24)18-3-5-19(6-4-18)28-27(38)30-25(33)21-15-20(32(34)35)7-8-23(21)31-9-11-36-12-10-31/h3-8,13-15H,9-12H2,1-2H3,(H2,28,30,33,38). The fraction of sp³-hybridized carbons (Fsp3) is 0.222. The number of fused-ring (bicyclic) bond motifs is 1. The van der Waals surface area contributed by atoms with Crippen LogP contribution in [0.15, 0.2) is 59.0 Å². The molecule has 0 aliphatic carbocycles. The number of thiocarbonyl (C=S) groups is 1. The minimum absolute atomic E-state index is 0.0649. The van der Waals surface area contributed by atoms with Crippen LogP contribution in [-0.2, 0) is 4.74 Å². The van der Waals surface area contributed by atoms with Gasteiger partial charge in [0.25, 0.3) is 11.6 Å². The Morgan fingerprint density at radius 2 is 1.82 bits per heavy atom. The van der Waals surface area contributed by atoms with Gasteiger partial charge in [-0.3, -0.25) is 20.2 Å². The van der Waals surface area contributed by atoms with E-state index < -0.39 is 10.8 Å². The number of hydrogen-bond donors (Lipinski definition) is 2. The lowest BCUT2D eigenvalue weighted by atomic mass is 10.1. The lowest BCUT2D eigenvalue weighted by Crippen LogP contribution is -2.39. The summed E-state index contributed by atoms with van der Waals surface area (Å²) in [6, 6.07) is 15.6. The van der Waals surface area contributed by atoms with E-state index in [1.54, 1.807) is 18.2 Å². The fourth-order valence-corrected chi connectivity index (χ4v) is 4.64. The summed E-state index contributed by atoms with van der Waals surface area (Å²) in [4.78, 5) is 30.5. The number of aromatic nitrogens is 1. The minimum atomic E-state index is -0.540. The predicted octanol–water partition coefficient (Wildman–Crippen LogP) is 4.98. The van der Waals surface area contributed by atoms with E-state index in [1.165, 1.54) is 12.1 Å². The van der Waals surface area contributed by atoms with Gasteiger partial charge in [-0.05, 0) is 73.6 Å². The molecule has 0 spiro atoms. The SMILES string of the molecule is Cc1cc(C)c2oc(-c3ccc(NC(=S)NC(=O)c4cc([N+](=O)[O-])ccc4N4CCOCC4)cc3)nc2c1.